The van der Waals surface area contributed by atoms with E-state index in [1.54, 1.807) is 21.3 Å². The summed E-state index contributed by atoms with van der Waals surface area (Å²) in [6.45, 7) is 4.83. The normalized spacial score (nSPS) is 16.7. The van der Waals surface area contributed by atoms with Crippen LogP contribution < -0.4 is 29.7 Å². The van der Waals surface area contributed by atoms with Gasteiger partial charge in [-0.1, -0.05) is 6.92 Å². The van der Waals surface area contributed by atoms with Crippen molar-refractivity contribution in [2.24, 2.45) is 0 Å². The predicted molar refractivity (Wildman–Crippen MR) is 104 cm³/mol. The Bertz CT molecular complexity index is 748. The van der Waals surface area contributed by atoms with Crippen LogP contribution in [0.1, 0.15) is 13.3 Å². The number of aromatic nitrogens is 3. The van der Waals surface area contributed by atoms with E-state index in [1.807, 2.05) is 12.1 Å². The smallest absolute Gasteiger partial charge is 0.232 e. The van der Waals surface area contributed by atoms with Crippen molar-refractivity contribution in [3.05, 3.63) is 18.5 Å². The summed E-state index contributed by atoms with van der Waals surface area (Å²) in [5.74, 6) is 2.78. The van der Waals surface area contributed by atoms with Crippen molar-refractivity contribution in [3.63, 3.8) is 0 Å². The Labute approximate surface area is 159 Å². The Morgan fingerprint density at radius 1 is 1.15 bits per heavy atom. The van der Waals surface area contributed by atoms with Crippen LogP contribution in [-0.4, -0.2) is 62.0 Å². The van der Waals surface area contributed by atoms with Crippen molar-refractivity contribution in [2.75, 3.05) is 51.2 Å². The van der Waals surface area contributed by atoms with Gasteiger partial charge in [0, 0.05) is 43.5 Å². The van der Waals surface area contributed by atoms with Gasteiger partial charge in [-0.15, -0.1) is 0 Å². The molecule has 0 amide bonds. The maximum atomic E-state index is 5.39. The number of nitrogens with one attached hydrogen (secondary N) is 2. The number of hydrogen-bond acceptors (Lipinski definition) is 9. The van der Waals surface area contributed by atoms with E-state index >= 15 is 0 Å². The monoisotopic (exact) mass is 374 g/mol. The number of hydrogen-bond donors (Lipinski definition) is 2. The third kappa shape index (κ3) is 4.30. The van der Waals surface area contributed by atoms with Gasteiger partial charge >= 0.3 is 0 Å². The maximum Gasteiger partial charge on any atom is 0.232 e. The zero-order valence-electron chi connectivity index (χ0n) is 16.2. The average molecular weight is 374 g/mol. The fraction of sp³-hybridized carbons (Fsp3) is 0.500. The first-order valence-electron chi connectivity index (χ1n) is 8.92. The van der Waals surface area contributed by atoms with Crippen molar-refractivity contribution >= 4 is 17.6 Å². The molecular weight excluding hydrogens is 348 g/mol. The van der Waals surface area contributed by atoms with Crippen LogP contribution in [0.25, 0.3) is 0 Å². The molecule has 1 aromatic heterocycles. The number of anilines is 3. The lowest BCUT2D eigenvalue weighted by molar-refractivity contribution is 0.324. The number of ether oxygens (including phenoxy) is 3. The molecule has 2 heterocycles. The molecule has 1 fully saturated rings. The van der Waals surface area contributed by atoms with Crippen molar-refractivity contribution in [1.82, 2.24) is 20.3 Å². The average Bonchev–Trinajstić information content (AvgIpc) is 2.73. The van der Waals surface area contributed by atoms with Crippen LogP contribution in [0.2, 0.25) is 0 Å². The lowest BCUT2D eigenvalue weighted by atomic mass is 10.2. The molecule has 0 saturated carbocycles. The van der Waals surface area contributed by atoms with E-state index in [0.29, 0.717) is 35.2 Å². The van der Waals surface area contributed by atoms with Crippen LogP contribution in [0.4, 0.5) is 17.6 Å². The lowest BCUT2D eigenvalue weighted by Gasteiger charge is -2.33. The third-order valence-electron chi connectivity index (χ3n) is 4.51. The third-order valence-corrected chi connectivity index (χ3v) is 4.51. The van der Waals surface area contributed by atoms with Gasteiger partial charge in [0.05, 0.1) is 21.3 Å². The maximum absolute atomic E-state index is 5.39. The molecule has 146 valence electrons. The first-order chi connectivity index (χ1) is 13.2. The number of benzene rings is 1. The highest BCUT2D eigenvalue weighted by Crippen LogP contribution is 2.40. The lowest BCUT2D eigenvalue weighted by Crippen LogP contribution is -2.51. The fourth-order valence-corrected chi connectivity index (χ4v) is 3.06. The number of nitrogens with zero attached hydrogens (tertiary/aromatic N) is 4. The van der Waals surface area contributed by atoms with Crippen LogP contribution >= 0.6 is 0 Å². The molecule has 1 atom stereocenters. The van der Waals surface area contributed by atoms with Gasteiger partial charge in [-0.2, -0.15) is 4.98 Å². The van der Waals surface area contributed by atoms with Crippen LogP contribution in [0, 0.1) is 0 Å². The topological polar surface area (TPSA) is 93.7 Å². The Hall–Kier alpha value is -2.81. The summed E-state index contributed by atoms with van der Waals surface area (Å²) in [5.41, 5.74) is 0.730. The minimum Gasteiger partial charge on any atom is -0.493 e. The van der Waals surface area contributed by atoms with Crippen LogP contribution in [-0.2, 0) is 0 Å². The summed E-state index contributed by atoms with van der Waals surface area (Å²) in [7, 11) is 4.73. The molecule has 27 heavy (non-hydrogen) atoms. The summed E-state index contributed by atoms with van der Waals surface area (Å²) >= 11 is 0. The van der Waals surface area contributed by atoms with Crippen molar-refractivity contribution in [3.8, 4) is 17.2 Å². The molecule has 1 aromatic carbocycles. The second-order valence-electron chi connectivity index (χ2n) is 6.15. The van der Waals surface area contributed by atoms with Crippen LogP contribution in [0.5, 0.6) is 17.2 Å². The van der Waals surface area contributed by atoms with Gasteiger partial charge in [-0.3, -0.25) is 0 Å². The highest BCUT2D eigenvalue weighted by Gasteiger charge is 2.20. The summed E-state index contributed by atoms with van der Waals surface area (Å²) in [4.78, 5) is 15.3. The molecule has 1 unspecified atom stereocenters. The van der Waals surface area contributed by atoms with Crippen LogP contribution in [0.15, 0.2) is 18.5 Å². The molecule has 2 N–H and O–H groups in total. The van der Waals surface area contributed by atoms with Gasteiger partial charge in [-0.25, -0.2) is 9.97 Å². The molecular formula is C18H26N6O3. The molecule has 9 heteroatoms. The van der Waals surface area contributed by atoms with E-state index in [-0.39, 0.29) is 0 Å². The number of rotatable bonds is 7. The van der Waals surface area contributed by atoms with E-state index in [2.05, 4.69) is 37.4 Å². The molecule has 1 aliphatic heterocycles. The Kier molecular flexibility index (Phi) is 6.12. The van der Waals surface area contributed by atoms with E-state index in [0.717, 1.165) is 31.7 Å². The second kappa shape index (κ2) is 8.72. The first-order valence-corrected chi connectivity index (χ1v) is 8.92. The van der Waals surface area contributed by atoms with Gasteiger partial charge in [0.25, 0.3) is 0 Å². The molecule has 1 saturated heterocycles. The minimum absolute atomic E-state index is 0.446. The number of piperazine rings is 1. The largest absolute Gasteiger partial charge is 0.493 e. The molecule has 9 nitrogen and oxygen atoms in total. The van der Waals surface area contributed by atoms with Gasteiger partial charge in [0.15, 0.2) is 11.5 Å². The predicted octanol–water partition coefficient (Wildman–Crippen LogP) is 1.83. The van der Waals surface area contributed by atoms with E-state index in [1.165, 1.54) is 6.33 Å². The zero-order chi connectivity index (χ0) is 19.2. The number of methoxy groups -OCH3 is 3. The second-order valence-corrected chi connectivity index (χ2v) is 6.15. The molecule has 0 aliphatic carbocycles. The van der Waals surface area contributed by atoms with Crippen LogP contribution in [0.3, 0.4) is 0 Å². The van der Waals surface area contributed by atoms with E-state index in [9.17, 15) is 0 Å². The molecule has 3 rings (SSSR count). The standard InChI is InChI=1S/C18H26N6O3/c1-5-12-10-24(7-6-19-12)18-21-11-20-17(23-18)22-13-8-14(25-2)16(27-4)15(9-13)26-3/h8-9,11-12,19H,5-7,10H2,1-4H3,(H,20,21,22,23). The van der Waals surface area contributed by atoms with E-state index in [4.69, 9.17) is 14.2 Å². The summed E-state index contributed by atoms with van der Waals surface area (Å²) in [6.07, 6.45) is 2.59. The minimum atomic E-state index is 0.446. The molecule has 0 spiro atoms. The summed E-state index contributed by atoms with van der Waals surface area (Å²) in [6, 6.07) is 4.06. The van der Waals surface area contributed by atoms with Gasteiger partial charge in [0.1, 0.15) is 6.33 Å². The first kappa shape index (κ1) is 19.0. The van der Waals surface area contributed by atoms with Crippen molar-refractivity contribution in [2.45, 2.75) is 19.4 Å². The quantitative estimate of drug-likeness (QED) is 0.753. The van der Waals surface area contributed by atoms with Gasteiger partial charge in [-0.05, 0) is 6.42 Å². The van der Waals surface area contributed by atoms with Crippen molar-refractivity contribution in [1.29, 1.82) is 0 Å². The van der Waals surface area contributed by atoms with Gasteiger partial charge < -0.3 is 29.7 Å². The fourth-order valence-electron chi connectivity index (χ4n) is 3.06. The summed E-state index contributed by atoms with van der Waals surface area (Å²) in [5, 5.41) is 6.68. The van der Waals surface area contributed by atoms with Gasteiger partial charge in [0.2, 0.25) is 17.6 Å². The summed E-state index contributed by atoms with van der Waals surface area (Å²) < 4.78 is 16.1. The molecule has 0 bridgehead atoms. The molecule has 0 radical (unpaired) electrons. The molecule has 1 aliphatic rings. The molecule has 2 aromatic rings. The van der Waals surface area contributed by atoms with Crippen molar-refractivity contribution < 1.29 is 14.2 Å². The Morgan fingerprint density at radius 2 is 1.89 bits per heavy atom. The zero-order valence-corrected chi connectivity index (χ0v) is 16.2. The highest BCUT2D eigenvalue weighted by molar-refractivity contribution is 5.65. The van der Waals surface area contributed by atoms with E-state index < -0.39 is 0 Å². The SMILES string of the molecule is CCC1CN(c2ncnc(Nc3cc(OC)c(OC)c(OC)c3)n2)CCN1. The highest BCUT2D eigenvalue weighted by atomic mass is 16.5. The Balaban J connectivity index is 1.82. The Morgan fingerprint density at radius 3 is 2.52 bits per heavy atom.